The van der Waals surface area contributed by atoms with Crippen LogP contribution in [0, 0.1) is 6.92 Å². The maximum absolute atomic E-state index is 13.0. The Balaban J connectivity index is 1.68. The number of likely N-dealkylation sites (tertiary alicyclic amines) is 1. The van der Waals surface area contributed by atoms with Crippen LogP contribution in [0.3, 0.4) is 0 Å². The molecule has 0 aromatic heterocycles. The Kier molecular flexibility index (Phi) is 7.24. The molecule has 2 aliphatic rings. The van der Waals surface area contributed by atoms with Crippen LogP contribution in [0.2, 0.25) is 5.02 Å². The quantitative estimate of drug-likeness (QED) is 0.802. The number of urea groups is 1. The van der Waals surface area contributed by atoms with Gasteiger partial charge in [-0.25, -0.2) is 4.79 Å². The number of hydrogen-bond donors (Lipinski definition) is 1. The summed E-state index contributed by atoms with van der Waals surface area (Å²) in [6, 6.07) is 6.87. The van der Waals surface area contributed by atoms with E-state index in [-0.39, 0.29) is 12.1 Å². The van der Waals surface area contributed by atoms with Crippen molar-refractivity contribution in [2.24, 2.45) is 0 Å². The summed E-state index contributed by atoms with van der Waals surface area (Å²) >= 11 is 6.11. The molecule has 2 unspecified atom stereocenters. The fourth-order valence-electron chi connectivity index (χ4n) is 4.77. The highest BCUT2D eigenvalue weighted by atomic mass is 35.5. The fourth-order valence-corrected chi connectivity index (χ4v) is 4.95. The van der Waals surface area contributed by atoms with Gasteiger partial charge in [-0.15, -0.1) is 0 Å². The molecule has 1 saturated heterocycles. The molecule has 0 bridgehead atoms. The van der Waals surface area contributed by atoms with Crippen LogP contribution in [0.4, 0.5) is 10.5 Å². The van der Waals surface area contributed by atoms with Crippen LogP contribution in [0.15, 0.2) is 18.2 Å². The van der Waals surface area contributed by atoms with E-state index in [0.29, 0.717) is 17.1 Å². The van der Waals surface area contributed by atoms with E-state index in [1.165, 1.54) is 32.1 Å². The van der Waals surface area contributed by atoms with Gasteiger partial charge in [-0.1, -0.05) is 30.5 Å². The lowest BCUT2D eigenvalue weighted by Gasteiger charge is -2.46. The number of rotatable bonds is 4. The summed E-state index contributed by atoms with van der Waals surface area (Å²) in [5.41, 5.74) is 1.81. The van der Waals surface area contributed by atoms with Gasteiger partial charge in [0.15, 0.2) is 0 Å². The topological polar surface area (TPSA) is 38.8 Å². The lowest BCUT2D eigenvalue weighted by Crippen LogP contribution is -2.57. The summed E-state index contributed by atoms with van der Waals surface area (Å²) in [6.45, 7) is 4.32. The van der Waals surface area contributed by atoms with Gasteiger partial charge < -0.3 is 15.1 Å². The smallest absolute Gasteiger partial charge is 0.321 e. The number of amides is 2. The lowest BCUT2D eigenvalue weighted by molar-refractivity contribution is 0.0443. The minimum Gasteiger partial charge on any atom is -0.323 e. The molecule has 1 N–H and O–H groups in total. The van der Waals surface area contributed by atoms with Crippen molar-refractivity contribution in [2.75, 3.05) is 39.5 Å². The van der Waals surface area contributed by atoms with E-state index >= 15 is 0 Å². The third-order valence-corrected chi connectivity index (χ3v) is 6.98. The number of hydrogen-bond acceptors (Lipinski definition) is 3. The van der Waals surface area contributed by atoms with Gasteiger partial charge in [0.2, 0.25) is 0 Å². The summed E-state index contributed by atoms with van der Waals surface area (Å²) in [7, 11) is 6.42. The van der Waals surface area contributed by atoms with E-state index in [1.54, 1.807) is 0 Å². The first-order valence-corrected chi connectivity index (χ1v) is 10.9. The van der Waals surface area contributed by atoms with Gasteiger partial charge in [-0.3, -0.25) is 4.90 Å². The predicted molar refractivity (Wildman–Crippen MR) is 117 cm³/mol. The standard InChI is InChI=1S/C22H35ClN4O/c1-16-9-10-17(23)15-19(16)24-22(28)27(4)21-8-6-5-7-20(21)26(3)18-11-13-25(2)14-12-18/h9-10,15,18,20-21H,5-8,11-14H2,1-4H3,(H,24,28). The number of carbonyl (C=O) groups is 1. The zero-order chi connectivity index (χ0) is 20.3. The summed E-state index contributed by atoms with van der Waals surface area (Å²) in [5.74, 6) is 0. The first kappa shape index (κ1) is 21.4. The Hall–Kier alpha value is -1.30. The Labute approximate surface area is 175 Å². The van der Waals surface area contributed by atoms with Crippen molar-refractivity contribution in [2.45, 2.75) is 63.6 Å². The second-order valence-corrected chi connectivity index (χ2v) is 9.06. The van der Waals surface area contributed by atoms with Crippen molar-refractivity contribution >= 4 is 23.3 Å². The van der Waals surface area contributed by atoms with Gasteiger partial charge in [0.25, 0.3) is 0 Å². The first-order valence-electron chi connectivity index (χ1n) is 10.6. The molecule has 2 fully saturated rings. The number of benzene rings is 1. The molecule has 3 rings (SSSR count). The molecule has 6 heteroatoms. The maximum Gasteiger partial charge on any atom is 0.321 e. The third-order valence-electron chi connectivity index (χ3n) is 6.74. The van der Waals surface area contributed by atoms with Gasteiger partial charge in [-0.2, -0.15) is 0 Å². The molecule has 0 radical (unpaired) electrons. The van der Waals surface area contributed by atoms with Crippen LogP contribution in [-0.2, 0) is 0 Å². The third kappa shape index (κ3) is 5.00. The minimum atomic E-state index is -0.0426. The number of halogens is 1. The molecule has 1 aromatic rings. The van der Waals surface area contributed by atoms with Gasteiger partial charge in [0.05, 0.1) is 0 Å². The summed E-state index contributed by atoms with van der Waals surface area (Å²) in [5, 5.41) is 3.71. The van der Waals surface area contributed by atoms with Crippen LogP contribution in [0.25, 0.3) is 0 Å². The Morgan fingerprint density at radius 3 is 2.43 bits per heavy atom. The number of aryl methyl sites for hydroxylation is 1. The number of likely N-dealkylation sites (N-methyl/N-ethyl adjacent to an activating group) is 2. The monoisotopic (exact) mass is 406 g/mol. The summed E-state index contributed by atoms with van der Waals surface area (Å²) in [6.07, 6.45) is 7.11. The van der Waals surface area contributed by atoms with Crippen LogP contribution in [0.1, 0.15) is 44.1 Å². The van der Waals surface area contributed by atoms with E-state index in [0.717, 1.165) is 30.8 Å². The Bertz CT molecular complexity index is 675. The average molecular weight is 407 g/mol. The van der Waals surface area contributed by atoms with Crippen molar-refractivity contribution in [3.63, 3.8) is 0 Å². The van der Waals surface area contributed by atoms with Crippen molar-refractivity contribution in [1.29, 1.82) is 0 Å². The normalized spacial score (nSPS) is 24.4. The van der Waals surface area contributed by atoms with Gasteiger partial charge in [-0.05, 0) is 77.5 Å². The van der Waals surface area contributed by atoms with E-state index in [2.05, 4.69) is 29.2 Å². The Morgan fingerprint density at radius 2 is 1.75 bits per heavy atom. The van der Waals surface area contributed by atoms with Crippen LogP contribution in [0.5, 0.6) is 0 Å². The van der Waals surface area contributed by atoms with E-state index in [1.807, 2.05) is 37.1 Å². The first-order chi connectivity index (χ1) is 13.4. The molecule has 2 amide bonds. The van der Waals surface area contributed by atoms with E-state index in [4.69, 9.17) is 11.6 Å². The van der Waals surface area contributed by atoms with Gasteiger partial charge in [0, 0.05) is 35.9 Å². The van der Waals surface area contributed by atoms with Crippen LogP contribution < -0.4 is 5.32 Å². The summed E-state index contributed by atoms with van der Waals surface area (Å²) in [4.78, 5) is 19.9. The number of piperidine rings is 1. The largest absolute Gasteiger partial charge is 0.323 e. The molecule has 2 atom stereocenters. The predicted octanol–water partition coefficient (Wildman–Crippen LogP) is 4.45. The molecule has 1 saturated carbocycles. The van der Waals surface area contributed by atoms with Crippen molar-refractivity contribution in [3.8, 4) is 0 Å². The van der Waals surface area contributed by atoms with Crippen molar-refractivity contribution in [3.05, 3.63) is 28.8 Å². The van der Waals surface area contributed by atoms with Gasteiger partial charge in [0.1, 0.15) is 0 Å². The molecular formula is C22H35ClN4O. The minimum absolute atomic E-state index is 0.0426. The molecule has 1 heterocycles. The van der Waals surface area contributed by atoms with Crippen molar-refractivity contribution in [1.82, 2.24) is 14.7 Å². The number of nitrogens with zero attached hydrogens (tertiary/aromatic N) is 3. The SMILES string of the molecule is Cc1ccc(Cl)cc1NC(=O)N(C)C1CCCCC1N(C)C1CCN(C)CC1. The highest BCUT2D eigenvalue weighted by Crippen LogP contribution is 2.30. The molecule has 1 aliphatic heterocycles. The van der Waals surface area contributed by atoms with Gasteiger partial charge >= 0.3 is 6.03 Å². The van der Waals surface area contributed by atoms with Crippen LogP contribution >= 0.6 is 11.6 Å². The number of anilines is 1. The van der Waals surface area contributed by atoms with E-state index < -0.39 is 0 Å². The second kappa shape index (κ2) is 9.47. The highest BCUT2D eigenvalue weighted by molar-refractivity contribution is 6.31. The molecule has 0 spiro atoms. The number of carbonyl (C=O) groups excluding carboxylic acids is 1. The molecule has 156 valence electrons. The molecule has 5 nitrogen and oxygen atoms in total. The molecule has 28 heavy (non-hydrogen) atoms. The average Bonchev–Trinajstić information content (AvgIpc) is 2.70. The fraction of sp³-hybridized carbons (Fsp3) is 0.682. The van der Waals surface area contributed by atoms with Crippen molar-refractivity contribution < 1.29 is 4.79 Å². The lowest BCUT2D eigenvalue weighted by atomic mass is 9.87. The second-order valence-electron chi connectivity index (χ2n) is 8.62. The molecular weight excluding hydrogens is 372 g/mol. The molecule has 1 aromatic carbocycles. The van der Waals surface area contributed by atoms with Crippen LogP contribution in [-0.4, -0.2) is 73.1 Å². The maximum atomic E-state index is 13.0. The molecule has 1 aliphatic carbocycles. The zero-order valence-corrected chi connectivity index (χ0v) is 18.5. The number of nitrogens with one attached hydrogen (secondary N) is 1. The zero-order valence-electron chi connectivity index (χ0n) is 17.7. The Morgan fingerprint density at radius 1 is 1.11 bits per heavy atom. The summed E-state index contributed by atoms with van der Waals surface area (Å²) < 4.78 is 0. The van der Waals surface area contributed by atoms with E-state index in [9.17, 15) is 4.79 Å². The highest BCUT2D eigenvalue weighted by Gasteiger charge is 2.36.